The molecule has 1 aromatic heterocycles. The molecule has 0 spiro atoms. The van der Waals surface area contributed by atoms with Crippen molar-refractivity contribution in [3.63, 3.8) is 0 Å². The summed E-state index contributed by atoms with van der Waals surface area (Å²) in [6.07, 6.45) is -2.19. The molecule has 2 unspecified atom stereocenters. The van der Waals surface area contributed by atoms with E-state index < -0.39 is 68.6 Å². The van der Waals surface area contributed by atoms with Gasteiger partial charge in [0.05, 0.1) is 17.0 Å². The van der Waals surface area contributed by atoms with Crippen molar-refractivity contribution in [3.8, 4) is 0 Å². The van der Waals surface area contributed by atoms with Crippen LogP contribution in [0, 0.1) is 11.8 Å². The van der Waals surface area contributed by atoms with Crippen molar-refractivity contribution in [2.45, 2.75) is 55.3 Å². The number of ether oxygens (including phenoxy) is 1. The van der Waals surface area contributed by atoms with Crippen LogP contribution in [0.3, 0.4) is 0 Å². The number of alkyl halides is 3. The topological polar surface area (TPSA) is 138 Å². The summed E-state index contributed by atoms with van der Waals surface area (Å²) in [4.78, 5) is 44.4. The van der Waals surface area contributed by atoms with Gasteiger partial charge in [0, 0.05) is 36.5 Å². The first-order valence-corrected chi connectivity index (χ1v) is 15.7. The molecule has 10 nitrogen and oxygen atoms in total. The number of hydrogen-bond donors (Lipinski definition) is 3. The maximum atomic E-state index is 13.9. The number of para-hydroxylation sites is 1. The summed E-state index contributed by atoms with van der Waals surface area (Å²) in [5.41, 5.74) is -2.66. The van der Waals surface area contributed by atoms with Crippen LogP contribution < -0.4 is 10.0 Å². The van der Waals surface area contributed by atoms with Crippen LogP contribution in [0.1, 0.15) is 44.2 Å². The Hall–Kier alpha value is -4.33. The first-order chi connectivity index (χ1) is 20.9. The highest BCUT2D eigenvalue weighted by Crippen LogP contribution is 2.46. The fourth-order valence-corrected chi connectivity index (χ4v) is 6.94. The fraction of sp³-hybridized carbons (Fsp3) is 0.387. The van der Waals surface area contributed by atoms with Crippen LogP contribution in [-0.2, 0) is 30.5 Å². The zero-order valence-corrected chi connectivity index (χ0v) is 25.6. The van der Waals surface area contributed by atoms with Crippen LogP contribution in [0.4, 0.5) is 18.0 Å². The second-order valence-electron chi connectivity index (χ2n) is 12.4. The number of nitrogens with one attached hydrogen (secondary N) is 3. The molecule has 5 rings (SSSR count). The normalized spacial score (nSPS) is 23.4. The SMILES string of the molecule is C=C[C@@H]1CC1(NC(=O)[C@H]1CN(C(=O)OC(C)(C)C)CC1c1ccc(C(F)(F)F)cc1)C(=O)NS(=O)(=O)c1cccc2cc[nH]c12. The van der Waals surface area contributed by atoms with E-state index in [0.29, 0.717) is 16.5 Å². The summed E-state index contributed by atoms with van der Waals surface area (Å²) < 4.78 is 73.9. The Labute approximate surface area is 258 Å². The highest BCUT2D eigenvalue weighted by Gasteiger charge is 2.61. The Bertz CT molecular complexity index is 1760. The van der Waals surface area contributed by atoms with Gasteiger partial charge in [-0.3, -0.25) is 9.59 Å². The van der Waals surface area contributed by atoms with Crippen molar-refractivity contribution in [3.05, 3.63) is 78.5 Å². The highest BCUT2D eigenvalue weighted by atomic mass is 32.2. The number of amides is 3. The predicted octanol–water partition coefficient (Wildman–Crippen LogP) is 4.70. The molecule has 2 fully saturated rings. The van der Waals surface area contributed by atoms with Crippen LogP contribution in [-0.4, -0.2) is 60.4 Å². The quantitative estimate of drug-likeness (QED) is 0.318. The fourth-order valence-electron chi connectivity index (χ4n) is 5.70. The lowest BCUT2D eigenvalue weighted by Crippen LogP contribution is -2.53. The van der Waals surface area contributed by atoms with Gasteiger partial charge in [0.1, 0.15) is 16.0 Å². The minimum atomic E-state index is -4.56. The van der Waals surface area contributed by atoms with Crippen LogP contribution >= 0.6 is 0 Å². The molecular weight excluding hydrogens is 613 g/mol. The second-order valence-corrected chi connectivity index (χ2v) is 14.0. The first kappa shape index (κ1) is 32.1. The van der Waals surface area contributed by atoms with Crippen LogP contribution in [0.2, 0.25) is 0 Å². The van der Waals surface area contributed by atoms with E-state index in [0.717, 1.165) is 12.1 Å². The zero-order chi connectivity index (χ0) is 32.9. The summed E-state index contributed by atoms with van der Waals surface area (Å²) >= 11 is 0. The Morgan fingerprint density at radius 2 is 1.76 bits per heavy atom. The molecule has 2 heterocycles. The van der Waals surface area contributed by atoms with E-state index in [4.69, 9.17) is 4.74 Å². The standard InChI is InChI=1S/C31H33F3N4O6S/c1-5-20-15-30(20,27(40)37-45(42,43)24-8-6-7-19-13-14-35-25(19)24)36-26(39)23-17-38(28(41)44-29(2,3)4)16-22(23)18-9-11-21(12-10-18)31(32,33)34/h5-14,20,22-23,35H,1,15-17H2,2-4H3,(H,36,39)(H,37,40)/t20-,22?,23+,30?/m1/s1. The Morgan fingerprint density at radius 1 is 1.07 bits per heavy atom. The average molecular weight is 647 g/mol. The lowest BCUT2D eigenvalue weighted by atomic mass is 9.87. The molecule has 14 heteroatoms. The van der Waals surface area contributed by atoms with Crippen molar-refractivity contribution in [2.24, 2.45) is 11.8 Å². The number of aromatic amines is 1. The molecule has 0 radical (unpaired) electrons. The van der Waals surface area contributed by atoms with E-state index >= 15 is 0 Å². The summed E-state index contributed by atoms with van der Waals surface area (Å²) in [5, 5.41) is 3.33. The van der Waals surface area contributed by atoms with Crippen molar-refractivity contribution < 1.29 is 40.7 Å². The number of hydrogen-bond acceptors (Lipinski definition) is 6. The number of aromatic nitrogens is 1. The van der Waals surface area contributed by atoms with Crippen molar-refractivity contribution in [1.82, 2.24) is 19.9 Å². The molecule has 240 valence electrons. The Balaban J connectivity index is 1.41. The number of carbonyl (C=O) groups is 3. The number of sulfonamides is 1. The summed E-state index contributed by atoms with van der Waals surface area (Å²) in [7, 11) is -4.37. The number of nitrogens with zero attached hydrogens (tertiary/aromatic N) is 1. The molecule has 1 aliphatic heterocycles. The van der Waals surface area contributed by atoms with Gasteiger partial charge in [0.25, 0.3) is 15.9 Å². The molecule has 4 atom stereocenters. The number of rotatable bonds is 7. The van der Waals surface area contributed by atoms with Crippen molar-refractivity contribution >= 4 is 38.8 Å². The van der Waals surface area contributed by atoms with Crippen LogP contribution in [0.25, 0.3) is 10.9 Å². The average Bonchev–Trinajstić information content (AvgIpc) is 3.26. The number of halogens is 3. The molecule has 0 bridgehead atoms. The van der Waals surface area contributed by atoms with E-state index in [-0.39, 0.29) is 24.4 Å². The third kappa shape index (κ3) is 6.42. The molecule has 3 amide bonds. The van der Waals surface area contributed by atoms with Crippen molar-refractivity contribution in [1.29, 1.82) is 0 Å². The van der Waals surface area contributed by atoms with E-state index in [1.807, 2.05) is 0 Å². The molecule has 1 saturated heterocycles. The molecule has 1 aliphatic carbocycles. The maximum absolute atomic E-state index is 13.9. The van der Waals surface area contributed by atoms with E-state index in [2.05, 4.69) is 21.6 Å². The maximum Gasteiger partial charge on any atom is 0.416 e. The first-order valence-electron chi connectivity index (χ1n) is 14.2. The molecule has 45 heavy (non-hydrogen) atoms. The zero-order valence-electron chi connectivity index (χ0n) is 24.8. The molecule has 3 aromatic rings. The number of fused-ring (bicyclic) bond motifs is 1. The summed E-state index contributed by atoms with van der Waals surface area (Å²) in [6.45, 7) is 8.56. The number of H-pyrrole nitrogens is 1. The van der Waals surface area contributed by atoms with Gasteiger partial charge in [-0.05, 0) is 57.0 Å². The van der Waals surface area contributed by atoms with Gasteiger partial charge in [0.2, 0.25) is 5.91 Å². The molecule has 2 aromatic carbocycles. The number of carbonyl (C=O) groups excluding carboxylic acids is 3. The third-order valence-electron chi connectivity index (χ3n) is 8.09. The molecule has 2 aliphatic rings. The van der Waals surface area contributed by atoms with Gasteiger partial charge < -0.3 is 19.9 Å². The Morgan fingerprint density at radius 3 is 2.36 bits per heavy atom. The molecular formula is C31H33F3N4O6S. The number of benzene rings is 2. The summed E-state index contributed by atoms with van der Waals surface area (Å²) in [6, 6.07) is 10.6. The lowest BCUT2D eigenvalue weighted by Gasteiger charge is -2.24. The summed E-state index contributed by atoms with van der Waals surface area (Å²) in [5.74, 6) is -3.96. The highest BCUT2D eigenvalue weighted by molar-refractivity contribution is 7.90. The van der Waals surface area contributed by atoms with Gasteiger partial charge in [-0.25, -0.2) is 17.9 Å². The second kappa shape index (κ2) is 11.2. The van der Waals surface area contributed by atoms with E-state index in [1.54, 1.807) is 39.1 Å². The monoisotopic (exact) mass is 646 g/mol. The molecule has 1 saturated carbocycles. The molecule has 3 N–H and O–H groups in total. The smallest absolute Gasteiger partial charge is 0.416 e. The van der Waals surface area contributed by atoms with Gasteiger partial charge in [-0.2, -0.15) is 13.2 Å². The lowest BCUT2D eigenvalue weighted by molar-refractivity contribution is -0.137. The minimum absolute atomic E-state index is 0.0308. The van der Waals surface area contributed by atoms with E-state index in [1.165, 1.54) is 35.2 Å². The van der Waals surface area contributed by atoms with Gasteiger partial charge in [-0.15, -0.1) is 6.58 Å². The minimum Gasteiger partial charge on any atom is -0.444 e. The van der Waals surface area contributed by atoms with Gasteiger partial charge in [0.15, 0.2) is 0 Å². The van der Waals surface area contributed by atoms with E-state index in [9.17, 15) is 36.0 Å². The van der Waals surface area contributed by atoms with Crippen molar-refractivity contribution in [2.75, 3.05) is 13.1 Å². The van der Waals surface area contributed by atoms with Crippen LogP contribution in [0.5, 0.6) is 0 Å². The van der Waals surface area contributed by atoms with Crippen LogP contribution in [0.15, 0.2) is 72.3 Å². The Kier molecular flexibility index (Phi) is 8.01. The van der Waals surface area contributed by atoms with Gasteiger partial charge >= 0.3 is 12.3 Å². The third-order valence-corrected chi connectivity index (χ3v) is 9.46. The van der Waals surface area contributed by atoms with Gasteiger partial charge in [-0.1, -0.05) is 30.3 Å². The number of likely N-dealkylation sites (tertiary alicyclic amines) is 1. The largest absolute Gasteiger partial charge is 0.444 e. The predicted molar refractivity (Wildman–Crippen MR) is 158 cm³/mol.